The number of nitrogens with zero attached hydrogens (tertiary/aromatic N) is 2. The lowest BCUT2D eigenvalue weighted by Crippen LogP contribution is -2.14. The van der Waals surface area contributed by atoms with Crippen LogP contribution in [0.15, 0.2) is 18.3 Å². The first-order valence-corrected chi connectivity index (χ1v) is 6.62. The molecule has 0 spiro atoms. The largest absolute Gasteiger partial charge is 0.481 e. The maximum atomic E-state index is 10.9. The minimum atomic E-state index is -0.775. The molecule has 1 aromatic heterocycles. The van der Waals surface area contributed by atoms with Crippen molar-refractivity contribution >= 4 is 16.9 Å². The van der Waals surface area contributed by atoms with Crippen LogP contribution in [-0.2, 0) is 31.4 Å². The third kappa shape index (κ3) is 2.02. The van der Waals surface area contributed by atoms with Crippen LogP contribution < -0.4 is 0 Å². The zero-order valence-corrected chi connectivity index (χ0v) is 11.3. The SMILES string of the molecule is CCN1Cc2cc3c(CC(=O)O)cn(C)c3cc2C1. The summed E-state index contributed by atoms with van der Waals surface area (Å²) in [5.74, 6) is -0.775. The Morgan fingerprint density at radius 3 is 2.63 bits per heavy atom. The van der Waals surface area contributed by atoms with E-state index in [4.69, 9.17) is 5.11 Å². The molecule has 0 bridgehead atoms. The van der Waals surface area contributed by atoms with Crippen molar-refractivity contribution in [3.63, 3.8) is 0 Å². The molecule has 1 aliphatic rings. The van der Waals surface area contributed by atoms with Crippen LogP contribution in [0, 0.1) is 0 Å². The molecular formula is C15H18N2O2. The van der Waals surface area contributed by atoms with E-state index in [1.165, 1.54) is 11.1 Å². The molecule has 1 N–H and O–H groups in total. The second-order valence-electron chi connectivity index (χ2n) is 5.28. The highest BCUT2D eigenvalue weighted by Gasteiger charge is 2.20. The van der Waals surface area contributed by atoms with Gasteiger partial charge in [0.1, 0.15) is 0 Å². The van der Waals surface area contributed by atoms with Gasteiger partial charge in [0.15, 0.2) is 0 Å². The Morgan fingerprint density at radius 1 is 1.32 bits per heavy atom. The van der Waals surface area contributed by atoms with E-state index in [-0.39, 0.29) is 6.42 Å². The van der Waals surface area contributed by atoms with Crippen LogP contribution in [0.25, 0.3) is 10.9 Å². The molecule has 0 radical (unpaired) electrons. The second kappa shape index (κ2) is 4.38. The van der Waals surface area contributed by atoms with Crippen LogP contribution in [-0.4, -0.2) is 27.1 Å². The molecule has 2 heterocycles. The molecule has 0 amide bonds. The molecule has 100 valence electrons. The fourth-order valence-electron chi connectivity index (χ4n) is 2.96. The third-order valence-electron chi connectivity index (χ3n) is 3.97. The number of aryl methyl sites for hydroxylation is 1. The average molecular weight is 258 g/mol. The fourth-order valence-corrected chi connectivity index (χ4v) is 2.96. The smallest absolute Gasteiger partial charge is 0.307 e. The molecule has 4 nitrogen and oxygen atoms in total. The number of benzene rings is 1. The summed E-state index contributed by atoms with van der Waals surface area (Å²) in [6, 6.07) is 4.39. The van der Waals surface area contributed by atoms with Crippen LogP contribution in [0.2, 0.25) is 0 Å². The summed E-state index contributed by atoms with van der Waals surface area (Å²) in [4.78, 5) is 13.3. The van der Waals surface area contributed by atoms with Gasteiger partial charge in [0.25, 0.3) is 0 Å². The van der Waals surface area contributed by atoms with Gasteiger partial charge in [0.2, 0.25) is 0 Å². The Bertz CT molecular complexity index is 658. The molecule has 4 heteroatoms. The number of carboxylic acids is 1. The van der Waals surface area contributed by atoms with E-state index in [1.54, 1.807) is 0 Å². The Labute approximate surface area is 112 Å². The highest BCUT2D eigenvalue weighted by molar-refractivity contribution is 5.88. The van der Waals surface area contributed by atoms with Crippen molar-refractivity contribution in [2.45, 2.75) is 26.4 Å². The molecule has 0 aliphatic carbocycles. The van der Waals surface area contributed by atoms with Gasteiger partial charge in [-0.05, 0) is 35.4 Å². The van der Waals surface area contributed by atoms with Gasteiger partial charge in [-0.15, -0.1) is 0 Å². The predicted octanol–water partition coefficient (Wildman–Crippen LogP) is 2.14. The minimum absolute atomic E-state index is 0.0909. The Hall–Kier alpha value is -1.81. The first-order chi connectivity index (χ1) is 9.08. The van der Waals surface area contributed by atoms with E-state index in [2.05, 4.69) is 24.0 Å². The standard InChI is InChI=1S/C15H18N2O2/c1-3-17-8-10-4-13-12(6-15(18)19)7-16(2)14(13)5-11(10)9-17/h4-5,7H,3,6,8-9H2,1-2H3,(H,18,19). The summed E-state index contributed by atoms with van der Waals surface area (Å²) in [7, 11) is 1.98. The van der Waals surface area contributed by atoms with Gasteiger partial charge in [-0.1, -0.05) is 6.92 Å². The average Bonchev–Trinajstić information content (AvgIpc) is 2.88. The molecule has 0 atom stereocenters. The van der Waals surface area contributed by atoms with Crippen molar-refractivity contribution in [2.24, 2.45) is 7.05 Å². The number of fused-ring (bicyclic) bond motifs is 2. The monoisotopic (exact) mass is 258 g/mol. The molecule has 0 saturated heterocycles. The van der Waals surface area contributed by atoms with Crippen molar-refractivity contribution in [1.29, 1.82) is 0 Å². The number of carboxylic acid groups (broad SMARTS) is 1. The van der Waals surface area contributed by atoms with E-state index >= 15 is 0 Å². The van der Waals surface area contributed by atoms with Gasteiger partial charge in [-0.3, -0.25) is 9.69 Å². The number of hydrogen-bond donors (Lipinski definition) is 1. The van der Waals surface area contributed by atoms with Crippen LogP contribution >= 0.6 is 0 Å². The Kier molecular flexibility index (Phi) is 2.82. The Balaban J connectivity index is 2.11. The molecule has 19 heavy (non-hydrogen) atoms. The van der Waals surface area contributed by atoms with Crippen LogP contribution in [0.3, 0.4) is 0 Å². The van der Waals surface area contributed by atoms with Crippen molar-refractivity contribution in [3.05, 3.63) is 35.0 Å². The first-order valence-electron chi connectivity index (χ1n) is 6.62. The molecule has 0 fully saturated rings. The van der Waals surface area contributed by atoms with Crippen LogP contribution in [0.4, 0.5) is 0 Å². The van der Waals surface area contributed by atoms with E-state index in [0.717, 1.165) is 36.1 Å². The lowest BCUT2D eigenvalue weighted by Gasteiger charge is -2.09. The third-order valence-corrected chi connectivity index (χ3v) is 3.97. The zero-order valence-electron chi connectivity index (χ0n) is 11.3. The van der Waals surface area contributed by atoms with Gasteiger partial charge in [0, 0.05) is 37.2 Å². The molecule has 1 aromatic carbocycles. The summed E-state index contributed by atoms with van der Waals surface area (Å²) in [5, 5.41) is 10.1. The quantitative estimate of drug-likeness (QED) is 0.917. The molecule has 0 unspecified atom stereocenters. The topological polar surface area (TPSA) is 45.5 Å². The van der Waals surface area contributed by atoms with Crippen LogP contribution in [0.1, 0.15) is 23.6 Å². The zero-order chi connectivity index (χ0) is 13.6. The highest BCUT2D eigenvalue weighted by atomic mass is 16.4. The molecule has 1 aliphatic heterocycles. The molecular weight excluding hydrogens is 240 g/mol. The number of rotatable bonds is 3. The molecule has 2 aromatic rings. The molecule has 3 rings (SSSR count). The summed E-state index contributed by atoms with van der Waals surface area (Å²) < 4.78 is 2.03. The maximum Gasteiger partial charge on any atom is 0.307 e. The summed E-state index contributed by atoms with van der Waals surface area (Å²) in [6.07, 6.45) is 2.03. The van der Waals surface area contributed by atoms with E-state index in [1.807, 2.05) is 17.8 Å². The van der Waals surface area contributed by atoms with Gasteiger partial charge >= 0.3 is 5.97 Å². The van der Waals surface area contributed by atoms with E-state index in [9.17, 15) is 4.79 Å². The highest BCUT2D eigenvalue weighted by Crippen LogP contribution is 2.30. The van der Waals surface area contributed by atoms with Crippen molar-refractivity contribution < 1.29 is 9.90 Å². The number of aliphatic carboxylic acids is 1. The van der Waals surface area contributed by atoms with E-state index < -0.39 is 5.97 Å². The lowest BCUT2D eigenvalue weighted by atomic mass is 10.0. The van der Waals surface area contributed by atoms with Crippen molar-refractivity contribution in [1.82, 2.24) is 9.47 Å². The van der Waals surface area contributed by atoms with Gasteiger partial charge in [-0.25, -0.2) is 0 Å². The minimum Gasteiger partial charge on any atom is -0.481 e. The second-order valence-corrected chi connectivity index (χ2v) is 5.28. The maximum absolute atomic E-state index is 10.9. The van der Waals surface area contributed by atoms with Crippen molar-refractivity contribution in [2.75, 3.05) is 6.54 Å². The number of aromatic nitrogens is 1. The number of hydrogen-bond acceptors (Lipinski definition) is 2. The predicted molar refractivity (Wildman–Crippen MR) is 74.0 cm³/mol. The normalized spacial score (nSPS) is 15.1. The van der Waals surface area contributed by atoms with Gasteiger partial charge < -0.3 is 9.67 Å². The lowest BCUT2D eigenvalue weighted by molar-refractivity contribution is -0.136. The summed E-state index contributed by atoms with van der Waals surface area (Å²) in [6.45, 7) is 5.19. The fraction of sp³-hybridized carbons (Fsp3) is 0.400. The van der Waals surface area contributed by atoms with E-state index in [0.29, 0.717) is 0 Å². The van der Waals surface area contributed by atoms with Gasteiger partial charge in [0.05, 0.1) is 6.42 Å². The van der Waals surface area contributed by atoms with Gasteiger partial charge in [-0.2, -0.15) is 0 Å². The molecule has 0 saturated carbocycles. The summed E-state index contributed by atoms with van der Waals surface area (Å²) in [5.41, 5.74) is 4.75. The van der Waals surface area contributed by atoms with Crippen LogP contribution in [0.5, 0.6) is 0 Å². The number of carbonyl (C=O) groups is 1. The van der Waals surface area contributed by atoms with Crippen molar-refractivity contribution in [3.8, 4) is 0 Å². The summed E-state index contributed by atoms with van der Waals surface area (Å²) >= 11 is 0. The Morgan fingerprint density at radius 2 is 2.00 bits per heavy atom. The first kappa shape index (κ1) is 12.2.